The molecular formula is C26H20FN5O3. The zero-order valence-electron chi connectivity index (χ0n) is 18.7. The van der Waals surface area contributed by atoms with E-state index in [0.29, 0.717) is 17.0 Å². The number of amides is 1. The first-order valence-electron chi connectivity index (χ1n) is 10.7. The van der Waals surface area contributed by atoms with Gasteiger partial charge >= 0.3 is 5.69 Å². The molecule has 0 unspecified atom stereocenters. The number of rotatable bonds is 6. The van der Waals surface area contributed by atoms with Gasteiger partial charge in [0.2, 0.25) is 0 Å². The van der Waals surface area contributed by atoms with Gasteiger partial charge in [0.15, 0.2) is 17.2 Å². The number of methoxy groups -OCH3 is 1. The molecule has 174 valence electrons. The Balaban J connectivity index is 1.83. The maximum Gasteiger partial charge on any atom is 0.335 e. The van der Waals surface area contributed by atoms with Gasteiger partial charge in [-0.15, -0.1) is 0 Å². The van der Waals surface area contributed by atoms with Gasteiger partial charge in [0.05, 0.1) is 19.3 Å². The molecule has 35 heavy (non-hydrogen) atoms. The van der Waals surface area contributed by atoms with Crippen LogP contribution in [0.15, 0.2) is 83.7 Å². The average molecular weight is 469 g/mol. The first kappa shape index (κ1) is 22.0. The standard InChI is InChI=1S/C26H20FN5O3/c1-35-20-13-7-17(8-14-20)24-29-21(23(28)33)22-25(30-24)32(19-11-9-18(27)10-12-19)26(34)31(22)15-16-5-3-2-4-6-16/h2-14H,15H2,1H3,(H2,28,33). The summed E-state index contributed by atoms with van der Waals surface area (Å²) in [7, 11) is 1.56. The SMILES string of the molecule is COc1ccc(-c2nc(C(N)=O)c3c(n2)n(-c2ccc(F)cc2)c(=O)n3Cc2ccccc2)cc1. The van der Waals surface area contributed by atoms with Crippen LogP contribution in [0.5, 0.6) is 5.75 Å². The minimum absolute atomic E-state index is 0.0882. The number of fused-ring (bicyclic) bond motifs is 1. The number of primary amides is 1. The van der Waals surface area contributed by atoms with Gasteiger partial charge < -0.3 is 10.5 Å². The number of carbonyl (C=O) groups is 1. The van der Waals surface area contributed by atoms with Gasteiger partial charge in [0, 0.05) is 5.56 Å². The molecule has 0 fully saturated rings. The Bertz CT molecular complexity index is 1590. The molecule has 0 atom stereocenters. The van der Waals surface area contributed by atoms with E-state index in [1.54, 1.807) is 31.4 Å². The van der Waals surface area contributed by atoms with E-state index in [0.717, 1.165) is 5.56 Å². The lowest BCUT2D eigenvalue weighted by Crippen LogP contribution is -2.24. The van der Waals surface area contributed by atoms with Crippen LogP contribution in [0.1, 0.15) is 16.1 Å². The molecular weight excluding hydrogens is 449 g/mol. The van der Waals surface area contributed by atoms with Gasteiger partial charge in [0.25, 0.3) is 5.91 Å². The van der Waals surface area contributed by atoms with E-state index in [1.807, 2.05) is 30.3 Å². The van der Waals surface area contributed by atoms with E-state index >= 15 is 0 Å². The van der Waals surface area contributed by atoms with Crippen LogP contribution in [0, 0.1) is 5.82 Å². The molecule has 5 aromatic rings. The molecule has 0 aliphatic carbocycles. The summed E-state index contributed by atoms with van der Waals surface area (Å²) in [5.41, 5.74) is 7.40. The molecule has 0 saturated heterocycles. The Labute approximate surface area is 199 Å². The lowest BCUT2D eigenvalue weighted by molar-refractivity contribution is 0.0997. The molecule has 5 rings (SSSR count). The summed E-state index contributed by atoms with van der Waals surface area (Å²) in [6, 6.07) is 21.7. The summed E-state index contributed by atoms with van der Waals surface area (Å²) in [6.45, 7) is 0.163. The van der Waals surface area contributed by atoms with Crippen molar-refractivity contribution in [2.45, 2.75) is 6.54 Å². The van der Waals surface area contributed by atoms with Crippen molar-refractivity contribution in [3.63, 3.8) is 0 Å². The molecule has 0 bridgehead atoms. The largest absolute Gasteiger partial charge is 0.497 e. The number of hydrogen-bond donors (Lipinski definition) is 1. The highest BCUT2D eigenvalue weighted by molar-refractivity contribution is 6.02. The predicted molar refractivity (Wildman–Crippen MR) is 129 cm³/mol. The van der Waals surface area contributed by atoms with Gasteiger partial charge in [-0.05, 0) is 54.1 Å². The van der Waals surface area contributed by atoms with Crippen molar-refractivity contribution >= 4 is 17.1 Å². The fourth-order valence-electron chi connectivity index (χ4n) is 3.93. The van der Waals surface area contributed by atoms with Crippen LogP contribution in [0.3, 0.4) is 0 Å². The van der Waals surface area contributed by atoms with Crippen LogP contribution in [0.4, 0.5) is 4.39 Å². The Morgan fingerprint density at radius 3 is 2.29 bits per heavy atom. The summed E-state index contributed by atoms with van der Waals surface area (Å²) in [5, 5.41) is 0. The molecule has 0 aliphatic rings. The molecule has 0 radical (unpaired) electrons. The van der Waals surface area contributed by atoms with Gasteiger partial charge in [-0.25, -0.2) is 23.7 Å². The Kier molecular flexibility index (Phi) is 5.58. The number of imidazole rings is 1. The molecule has 8 nitrogen and oxygen atoms in total. The minimum Gasteiger partial charge on any atom is -0.497 e. The average Bonchev–Trinajstić information content (AvgIpc) is 3.15. The van der Waals surface area contributed by atoms with Gasteiger partial charge in [-0.3, -0.25) is 9.36 Å². The third kappa shape index (κ3) is 4.04. The molecule has 1 amide bonds. The predicted octanol–water partition coefficient (Wildman–Crippen LogP) is 3.54. The highest BCUT2D eigenvalue weighted by Crippen LogP contribution is 2.25. The summed E-state index contributed by atoms with van der Waals surface area (Å²) in [5.74, 6) is -0.393. The lowest BCUT2D eigenvalue weighted by Gasteiger charge is -2.08. The van der Waals surface area contributed by atoms with E-state index in [4.69, 9.17) is 10.5 Å². The van der Waals surface area contributed by atoms with Crippen molar-refractivity contribution in [3.05, 3.63) is 106 Å². The molecule has 9 heteroatoms. The summed E-state index contributed by atoms with van der Waals surface area (Å²) in [6.07, 6.45) is 0. The Morgan fingerprint density at radius 2 is 1.66 bits per heavy atom. The quantitative estimate of drug-likeness (QED) is 0.410. The van der Waals surface area contributed by atoms with E-state index in [1.165, 1.54) is 33.4 Å². The lowest BCUT2D eigenvalue weighted by atomic mass is 10.2. The second kappa shape index (κ2) is 8.86. The second-order valence-corrected chi connectivity index (χ2v) is 7.83. The highest BCUT2D eigenvalue weighted by atomic mass is 19.1. The van der Waals surface area contributed by atoms with Gasteiger partial charge in [0.1, 0.15) is 17.1 Å². The monoisotopic (exact) mass is 469 g/mol. The van der Waals surface area contributed by atoms with E-state index < -0.39 is 17.4 Å². The van der Waals surface area contributed by atoms with Gasteiger partial charge in [-0.1, -0.05) is 30.3 Å². The third-order valence-electron chi connectivity index (χ3n) is 5.62. The van der Waals surface area contributed by atoms with Crippen molar-refractivity contribution in [1.29, 1.82) is 0 Å². The topological polar surface area (TPSA) is 105 Å². The summed E-state index contributed by atoms with van der Waals surface area (Å²) >= 11 is 0. The number of nitrogens with zero attached hydrogens (tertiary/aromatic N) is 4. The fraction of sp³-hybridized carbons (Fsp3) is 0.0769. The number of ether oxygens (including phenoxy) is 1. The molecule has 3 aromatic carbocycles. The number of nitrogens with two attached hydrogens (primary N) is 1. The van der Waals surface area contributed by atoms with Crippen LogP contribution in [-0.2, 0) is 6.54 Å². The zero-order valence-corrected chi connectivity index (χ0v) is 18.7. The second-order valence-electron chi connectivity index (χ2n) is 7.83. The van der Waals surface area contributed by atoms with Crippen molar-refractivity contribution < 1.29 is 13.9 Å². The first-order valence-corrected chi connectivity index (χ1v) is 10.7. The van der Waals surface area contributed by atoms with Crippen molar-refractivity contribution in [1.82, 2.24) is 19.1 Å². The Hall–Kier alpha value is -4.79. The van der Waals surface area contributed by atoms with Crippen molar-refractivity contribution in [2.75, 3.05) is 7.11 Å². The van der Waals surface area contributed by atoms with Crippen LogP contribution in [0.25, 0.3) is 28.2 Å². The van der Waals surface area contributed by atoms with E-state index in [-0.39, 0.29) is 29.2 Å². The summed E-state index contributed by atoms with van der Waals surface area (Å²) in [4.78, 5) is 35.3. The zero-order chi connectivity index (χ0) is 24.5. The Morgan fingerprint density at radius 1 is 0.971 bits per heavy atom. The number of carbonyl (C=O) groups excluding carboxylic acids is 1. The van der Waals surface area contributed by atoms with E-state index in [2.05, 4.69) is 9.97 Å². The number of benzene rings is 3. The van der Waals surface area contributed by atoms with Crippen molar-refractivity contribution in [2.24, 2.45) is 5.73 Å². The molecule has 2 heterocycles. The molecule has 0 aliphatic heterocycles. The highest BCUT2D eigenvalue weighted by Gasteiger charge is 2.24. The molecule has 2 N–H and O–H groups in total. The van der Waals surface area contributed by atoms with Crippen LogP contribution < -0.4 is 16.2 Å². The number of hydrogen-bond acceptors (Lipinski definition) is 5. The minimum atomic E-state index is -0.801. The van der Waals surface area contributed by atoms with Gasteiger partial charge in [-0.2, -0.15) is 0 Å². The normalized spacial score (nSPS) is 11.0. The van der Waals surface area contributed by atoms with Crippen molar-refractivity contribution in [3.8, 4) is 22.8 Å². The maximum absolute atomic E-state index is 13.7. The molecule has 0 saturated carbocycles. The molecule has 2 aromatic heterocycles. The third-order valence-corrected chi connectivity index (χ3v) is 5.62. The molecule has 0 spiro atoms. The number of halogens is 1. The van der Waals surface area contributed by atoms with Crippen LogP contribution in [0.2, 0.25) is 0 Å². The van der Waals surface area contributed by atoms with E-state index in [9.17, 15) is 14.0 Å². The first-order chi connectivity index (χ1) is 17.0. The number of aromatic nitrogens is 4. The van der Waals surface area contributed by atoms with Crippen LogP contribution >= 0.6 is 0 Å². The van der Waals surface area contributed by atoms with Crippen LogP contribution in [-0.4, -0.2) is 32.1 Å². The smallest absolute Gasteiger partial charge is 0.335 e. The maximum atomic E-state index is 13.7. The fourth-order valence-corrected chi connectivity index (χ4v) is 3.93. The summed E-state index contributed by atoms with van der Waals surface area (Å²) < 4.78 is 21.6.